The number of hydrogen-bond donors (Lipinski definition) is 3. The largest absolute Gasteiger partial charge is 0.497 e. The summed E-state index contributed by atoms with van der Waals surface area (Å²) in [5, 5.41) is 0. The molecule has 0 saturated heterocycles. The molecule has 1 aliphatic rings. The molecule has 0 fully saturated rings. The van der Waals surface area contributed by atoms with Crippen molar-refractivity contribution in [3.63, 3.8) is 0 Å². The molecule has 0 unspecified atom stereocenters. The summed E-state index contributed by atoms with van der Waals surface area (Å²) < 4.78 is 31.8. The van der Waals surface area contributed by atoms with E-state index in [9.17, 15) is 18.0 Å². The highest BCUT2D eigenvalue weighted by Crippen LogP contribution is 2.40. The van der Waals surface area contributed by atoms with Gasteiger partial charge in [0.2, 0.25) is 10.0 Å². The molecule has 0 spiro atoms. The fourth-order valence-corrected chi connectivity index (χ4v) is 5.69. The van der Waals surface area contributed by atoms with Gasteiger partial charge in [0, 0.05) is 4.88 Å². The van der Waals surface area contributed by atoms with Gasteiger partial charge in [0.1, 0.15) is 5.75 Å². The number of sulfonamides is 1. The van der Waals surface area contributed by atoms with Crippen molar-refractivity contribution in [3.05, 3.63) is 45.6 Å². The molecule has 10 heteroatoms. The Kier molecular flexibility index (Phi) is 7.26. The topological polar surface area (TPSA) is 114 Å². The van der Waals surface area contributed by atoms with Gasteiger partial charge in [-0.15, -0.1) is 11.3 Å². The van der Waals surface area contributed by atoms with Crippen LogP contribution in [0.3, 0.4) is 0 Å². The number of hydrazine groups is 1. The van der Waals surface area contributed by atoms with Crippen molar-refractivity contribution in [2.75, 3.05) is 13.7 Å². The molecule has 174 valence electrons. The second kappa shape index (κ2) is 9.60. The Balaban J connectivity index is 1.51. The van der Waals surface area contributed by atoms with E-state index in [4.69, 9.17) is 4.74 Å². The molecule has 1 aromatic carbocycles. The van der Waals surface area contributed by atoms with E-state index in [-0.39, 0.29) is 10.3 Å². The third-order valence-corrected chi connectivity index (χ3v) is 8.29. The number of carbonyl (C=O) groups is 2. The molecule has 2 aromatic rings. The molecular weight excluding hydrogens is 450 g/mol. The van der Waals surface area contributed by atoms with E-state index in [1.807, 2.05) is 6.07 Å². The van der Waals surface area contributed by atoms with Crippen LogP contribution in [0.5, 0.6) is 5.75 Å². The first-order valence-corrected chi connectivity index (χ1v) is 12.6. The van der Waals surface area contributed by atoms with Gasteiger partial charge in [-0.05, 0) is 66.5 Å². The van der Waals surface area contributed by atoms with Gasteiger partial charge in [-0.2, -0.15) is 0 Å². The van der Waals surface area contributed by atoms with Crippen LogP contribution >= 0.6 is 11.3 Å². The Labute approximate surface area is 192 Å². The molecule has 1 heterocycles. The number of ether oxygens (including phenoxy) is 1. The van der Waals surface area contributed by atoms with Crippen molar-refractivity contribution >= 4 is 33.2 Å². The standard InChI is InChI=1S/C22H29N3O5S2/c1-22(2,3)15-5-10-18-14(11-15)12-19(31-18)21(27)25-24-20(26)13-23-32(28,29)17-8-6-16(30-4)7-9-17/h6-9,12,15,23H,5,10-11,13H2,1-4H3,(H,24,26)(H,25,27)/t15-/m1/s1. The molecule has 3 rings (SSSR count). The molecular formula is C22H29N3O5S2. The lowest BCUT2D eigenvalue weighted by atomic mass is 9.72. The number of methoxy groups -OCH3 is 1. The van der Waals surface area contributed by atoms with E-state index in [0.717, 1.165) is 19.3 Å². The van der Waals surface area contributed by atoms with Gasteiger partial charge in [0.05, 0.1) is 23.4 Å². The molecule has 3 N–H and O–H groups in total. The van der Waals surface area contributed by atoms with Crippen molar-refractivity contribution in [2.24, 2.45) is 11.3 Å². The lowest BCUT2D eigenvalue weighted by molar-refractivity contribution is -0.120. The number of amides is 2. The third-order valence-electron chi connectivity index (χ3n) is 5.64. The summed E-state index contributed by atoms with van der Waals surface area (Å²) in [7, 11) is -2.39. The quantitative estimate of drug-likeness (QED) is 0.551. The first-order valence-electron chi connectivity index (χ1n) is 10.3. The number of hydrogen-bond acceptors (Lipinski definition) is 6. The highest BCUT2D eigenvalue weighted by atomic mass is 32.2. The van der Waals surface area contributed by atoms with Crippen LogP contribution in [0.1, 0.15) is 47.3 Å². The summed E-state index contributed by atoms with van der Waals surface area (Å²) in [6.07, 6.45) is 3.00. The minimum atomic E-state index is -3.87. The molecule has 0 aliphatic heterocycles. The Morgan fingerprint density at radius 2 is 1.84 bits per heavy atom. The van der Waals surface area contributed by atoms with Gasteiger partial charge < -0.3 is 4.74 Å². The summed E-state index contributed by atoms with van der Waals surface area (Å²) in [5.74, 6) is 0.000140. The van der Waals surface area contributed by atoms with Crippen LogP contribution in [0, 0.1) is 11.3 Å². The van der Waals surface area contributed by atoms with Crippen LogP contribution in [-0.2, 0) is 27.7 Å². The molecule has 0 radical (unpaired) electrons. The molecule has 1 aromatic heterocycles. The first kappa shape index (κ1) is 24.2. The van der Waals surface area contributed by atoms with Crippen molar-refractivity contribution in [1.82, 2.24) is 15.6 Å². The van der Waals surface area contributed by atoms with Crippen molar-refractivity contribution in [1.29, 1.82) is 0 Å². The monoisotopic (exact) mass is 479 g/mol. The normalized spacial score (nSPS) is 16.2. The Morgan fingerprint density at radius 3 is 2.47 bits per heavy atom. The molecule has 8 nitrogen and oxygen atoms in total. The van der Waals surface area contributed by atoms with Gasteiger partial charge in [-0.3, -0.25) is 20.4 Å². The third kappa shape index (κ3) is 5.87. The van der Waals surface area contributed by atoms with Gasteiger partial charge in [0.15, 0.2) is 0 Å². The van der Waals surface area contributed by atoms with Gasteiger partial charge in [-0.1, -0.05) is 20.8 Å². The number of thiophene rings is 1. The maximum atomic E-state index is 12.5. The molecule has 0 saturated carbocycles. The summed E-state index contributed by atoms with van der Waals surface area (Å²) in [4.78, 5) is 26.3. The molecule has 0 bridgehead atoms. The fraction of sp³-hybridized carbons (Fsp3) is 0.455. The first-order chi connectivity index (χ1) is 15.0. The number of benzene rings is 1. The number of rotatable bonds is 6. The highest BCUT2D eigenvalue weighted by Gasteiger charge is 2.30. The Morgan fingerprint density at radius 1 is 1.16 bits per heavy atom. The Hall–Kier alpha value is -2.43. The van der Waals surface area contributed by atoms with E-state index in [2.05, 4.69) is 36.3 Å². The summed E-state index contributed by atoms with van der Waals surface area (Å²) >= 11 is 1.44. The minimum absolute atomic E-state index is 0.00728. The molecule has 2 amide bonds. The zero-order valence-electron chi connectivity index (χ0n) is 18.7. The zero-order valence-corrected chi connectivity index (χ0v) is 20.3. The van der Waals surface area contributed by atoms with Crippen LogP contribution in [0.2, 0.25) is 0 Å². The summed E-state index contributed by atoms with van der Waals surface area (Å²) in [6, 6.07) is 7.68. The maximum Gasteiger partial charge on any atom is 0.279 e. The van der Waals surface area contributed by atoms with Crippen LogP contribution in [0.4, 0.5) is 0 Å². The van der Waals surface area contributed by atoms with Gasteiger partial charge in [0.25, 0.3) is 11.8 Å². The van der Waals surface area contributed by atoms with E-state index in [1.165, 1.54) is 53.2 Å². The van der Waals surface area contributed by atoms with E-state index >= 15 is 0 Å². The molecule has 1 atom stereocenters. The number of carbonyl (C=O) groups excluding carboxylic acids is 2. The van der Waals surface area contributed by atoms with Gasteiger partial charge in [-0.25, -0.2) is 13.1 Å². The Bertz CT molecular complexity index is 1090. The second-order valence-corrected chi connectivity index (χ2v) is 11.8. The number of aryl methyl sites for hydroxylation is 1. The average Bonchev–Trinajstić information content (AvgIpc) is 3.19. The minimum Gasteiger partial charge on any atom is -0.497 e. The number of nitrogens with one attached hydrogen (secondary N) is 3. The average molecular weight is 480 g/mol. The maximum absolute atomic E-state index is 12.5. The lowest BCUT2D eigenvalue weighted by Gasteiger charge is -2.33. The van der Waals surface area contributed by atoms with Crippen LogP contribution < -0.4 is 20.3 Å². The summed E-state index contributed by atoms with van der Waals surface area (Å²) in [6.45, 7) is 6.20. The van der Waals surface area contributed by atoms with Crippen LogP contribution in [0.25, 0.3) is 0 Å². The van der Waals surface area contributed by atoms with E-state index in [0.29, 0.717) is 16.5 Å². The highest BCUT2D eigenvalue weighted by molar-refractivity contribution is 7.89. The number of fused-ring (bicyclic) bond motifs is 1. The SMILES string of the molecule is COc1ccc(S(=O)(=O)NCC(=O)NNC(=O)c2cc3c(s2)CC[C@@H](C(C)(C)C)C3)cc1. The van der Waals surface area contributed by atoms with Crippen molar-refractivity contribution in [3.8, 4) is 5.75 Å². The zero-order chi connectivity index (χ0) is 23.5. The van der Waals surface area contributed by atoms with Crippen molar-refractivity contribution < 1.29 is 22.7 Å². The fourth-order valence-electron chi connectivity index (χ4n) is 3.61. The molecule has 32 heavy (non-hydrogen) atoms. The van der Waals surface area contributed by atoms with Crippen LogP contribution in [-0.4, -0.2) is 33.9 Å². The van der Waals surface area contributed by atoms with E-state index in [1.54, 1.807) is 0 Å². The predicted octanol–water partition coefficient (Wildman–Crippen LogP) is 2.65. The predicted molar refractivity (Wildman–Crippen MR) is 123 cm³/mol. The molecule has 1 aliphatic carbocycles. The van der Waals surface area contributed by atoms with Crippen LogP contribution in [0.15, 0.2) is 35.2 Å². The van der Waals surface area contributed by atoms with Crippen molar-refractivity contribution in [2.45, 2.75) is 44.9 Å². The second-order valence-electron chi connectivity index (χ2n) is 8.87. The van der Waals surface area contributed by atoms with E-state index < -0.39 is 28.4 Å². The smallest absolute Gasteiger partial charge is 0.279 e. The summed E-state index contributed by atoms with van der Waals surface area (Å²) in [5.41, 5.74) is 6.04. The van der Waals surface area contributed by atoms with Gasteiger partial charge >= 0.3 is 0 Å². The lowest BCUT2D eigenvalue weighted by Crippen LogP contribution is -2.46.